The van der Waals surface area contributed by atoms with Gasteiger partial charge in [0.1, 0.15) is 5.82 Å². The van der Waals surface area contributed by atoms with Crippen molar-refractivity contribution in [1.29, 1.82) is 0 Å². The van der Waals surface area contributed by atoms with Gasteiger partial charge >= 0.3 is 6.01 Å². The average Bonchev–Trinajstić information content (AvgIpc) is 2.83. The summed E-state index contributed by atoms with van der Waals surface area (Å²) < 4.78 is 5.54. The second kappa shape index (κ2) is 7.38. The minimum atomic E-state index is 0.485. The van der Waals surface area contributed by atoms with Crippen LogP contribution in [-0.2, 0) is 13.0 Å². The molecule has 31 heavy (non-hydrogen) atoms. The van der Waals surface area contributed by atoms with E-state index in [0.717, 1.165) is 44.1 Å². The predicted octanol–water partition coefficient (Wildman–Crippen LogP) is 3.45. The number of hydrogen-bond acceptors (Lipinski definition) is 6. The summed E-state index contributed by atoms with van der Waals surface area (Å²) in [4.78, 5) is 14.7. The molecule has 6 nitrogen and oxygen atoms in total. The van der Waals surface area contributed by atoms with Gasteiger partial charge in [-0.15, -0.1) is 0 Å². The van der Waals surface area contributed by atoms with Crippen LogP contribution in [-0.4, -0.2) is 48.8 Å². The quantitative estimate of drug-likeness (QED) is 0.707. The number of aromatic nitrogens is 2. The van der Waals surface area contributed by atoms with Gasteiger partial charge in [0.15, 0.2) is 0 Å². The number of rotatable bonds is 3. The fraction of sp³-hybridized carbons (Fsp3) is 0.440. The van der Waals surface area contributed by atoms with Crippen LogP contribution in [0.1, 0.15) is 29.7 Å². The number of benzene rings is 2. The first-order valence-corrected chi connectivity index (χ1v) is 11.4. The number of aryl methyl sites for hydroxylation is 1. The topological polar surface area (TPSA) is 53.5 Å². The van der Waals surface area contributed by atoms with Crippen LogP contribution >= 0.6 is 0 Å². The molecule has 0 spiro atoms. The highest BCUT2D eigenvalue weighted by atomic mass is 16.5. The molecule has 4 aliphatic heterocycles. The van der Waals surface area contributed by atoms with Crippen molar-refractivity contribution >= 4 is 22.3 Å². The summed E-state index contributed by atoms with van der Waals surface area (Å²) in [5.74, 6) is 1.10. The number of anilines is 2. The van der Waals surface area contributed by atoms with Crippen molar-refractivity contribution < 1.29 is 4.74 Å². The maximum atomic E-state index is 5.54. The Labute approximate surface area is 183 Å². The van der Waals surface area contributed by atoms with Gasteiger partial charge in [-0.05, 0) is 43.2 Å². The van der Waals surface area contributed by atoms with E-state index in [0.29, 0.717) is 18.1 Å². The smallest absolute Gasteiger partial charge is 0.318 e. The third-order valence-electron chi connectivity index (χ3n) is 7.26. The lowest BCUT2D eigenvalue weighted by Gasteiger charge is -2.47. The lowest BCUT2D eigenvalue weighted by Crippen LogP contribution is -2.61. The molecule has 2 unspecified atom stereocenters. The number of ether oxygens (including phenoxy) is 1. The van der Waals surface area contributed by atoms with Crippen LogP contribution in [0.5, 0.6) is 6.01 Å². The van der Waals surface area contributed by atoms with Crippen molar-refractivity contribution in [2.24, 2.45) is 0 Å². The number of piperazine rings is 1. The second-order valence-corrected chi connectivity index (χ2v) is 9.07. The summed E-state index contributed by atoms with van der Waals surface area (Å²) in [5.41, 5.74) is 5.02. The Morgan fingerprint density at radius 1 is 1.10 bits per heavy atom. The first kappa shape index (κ1) is 18.9. The lowest BCUT2D eigenvalue weighted by molar-refractivity contribution is 0.286. The third-order valence-corrected chi connectivity index (χ3v) is 7.26. The van der Waals surface area contributed by atoms with Gasteiger partial charge in [-0.1, -0.05) is 30.3 Å². The first-order valence-electron chi connectivity index (χ1n) is 11.4. The molecule has 7 rings (SSSR count). The van der Waals surface area contributed by atoms with Gasteiger partial charge in [0.2, 0.25) is 0 Å². The van der Waals surface area contributed by atoms with E-state index < -0.39 is 0 Å². The van der Waals surface area contributed by atoms with Gasteiger partial charge in [-0.2, -0.15) is 9.97 Å². The fourth-order valence-corrected chi connectivity index (χ4v) is 5.66. The van der Waals surface area contributed by atoms with E-state index in [4.69, 9.17) is 14.7 Å². The zero-order valence-electron chi connectivity index (χ0n) is 18.3. The average molecular weight is 416 g/mol. The molecule has 160 valence electrons. The molecule has 2 aromatic carbocycles. The Morgan fingerprint density at radius 2 is 1.97 bits per heavy atom. The SMILES string of the molecule is COc1nc2c(c(N3CC4CCC3CN4)n1)CCN(c1cccc3cccc(C)c13)C2. The van der Waals surface area contributed by atoms with Crippen molar-refractivity contribution in [3.8, 4) is 6.01 Å². The summed E-state index contributed by atoms with van der Waals surface area (Å²) in [6.45, 7) is 6.04. The Bertz CT molecular complexity index is 1130. The molecular weight excluding hydrogens is 386 g/mol. The molecule has 3 aromatic rings. The minimum absolute atomic E-state index is 0.485. The van der Waals surface area contributed by atoms with E-state index in [1.54, 1.807) is 7.11 Å². The fourth-order valence-electron chi connectivity index (χ4n) is 5.66. The van der Waals surface area contributed by atoms with Crippen molar-refractivity contribution in [2.75, 3.05) is 36.5 Å². The molecule has 2 atom stereocenters. The van der Waals surface area contributed by atoms with E-state index in [2.05, 4.69) is 58.4 Å². The van der Waals surface area contributed by atoms with E-state index in [-0.39, 0.29) is 0 Å². The number of nitrogens with zero attached hydrogens (tertiary/aromatic N) is 4. The number of methoxy groups -OCH3 is 1. The van der Waals surface area contributed by atoms with Crippen LogP contribution in [0.4, 0.5) is 11.5 Å². The number of piperidine rings is 2. The molecule has 6 heteroatoms. The predicted molar refractivity (Wildman–Crippen MR) is 124 cm³/mol. The maximum absolute atomic E-state index is 5.54. The molecule has 3 saturated heterocycles. The molecule has 3 fully saturated rings. The van der Waals surface area contributed by atoms with Gasteiger partial charge in [0.25, 0.3) is 0 Å². The van der Waals surface area contributed by atoms with Crippen molar-refractivity contribution in [3.63, 3.8) is 0 Å². The standard InChI is InChI=1S/C25H29N5O/c1-16-5-3-6-17-7-4-8-22(23(16)17)29-12-11-20-21(15-29)27-25(31-2)28-24(20)30-14-18-9-10-19(30)13-26-18/h3-8,18-19,26H,9-15H2,1-2H3. The summed E-state index contributed by atoms with van der Waals surface area (Å²) >= 11 is 0. The molecule has 2 bridgehead atoms. The van der Waals surface area contributed by atoms with Crippen molar-refractivity contribution in [2.45, 2.75) is 44.8 Å². The van der Waals surface area contributed by atoms with Crippen molar-refractivity contribution in [3.05, 3.63) is 53.2 Å². The molecule has 0 radical (unpaired) electrons. The van der Waals surface area contributed by atoms with Crippen LogP contribution in [0, 0.1) is 6.92 Å². The molecular formula is C25H29N5O. The monoisotopic (exact) mass is 415 g/mol. The first-order chi connectivity index (χ1) is 15.2. The Morgan fingerprint density at radius 3 is 2.71 bits per heavy atom. The largest absolute Gasteiger partial charge is 0.467 e. The highest BCUT2D eigenvalue weighted by Gasteiger charge is 2.37. The Hall–Kier alpha value is -2.86. The molecule has 5 heterocycles. The van der Waals surface area contributed by atoms with Crippen LogP contribution in [0.3, 0.4) is 0 Å². The zero-order valence-corrected chi connectivity index (χ0v) is 18.3. The molecule has 0 saturated carbocycles. The van der Waals surface area contributed by atoms with E-state index in [1.807, 2.05) is 0 Å². The van der Waals surface area contributed by atoms with E-state index >= 15 is 0 Å². The maximum Gasteiger partial charge on any atom is 0.318 e. The highest BCUT2D eigenvalue weighted by molar-refractivity contribution is 5.97. The van der Waals surface area contributed by atoms with Gasteiger partial charge in [0, 0.05) is 48.4 Å². The van der Waals surface area contributed by atoms with E-state index in [1.165, 1.54) is 40.4 Å². The van der Waals surface area contributed by atoms with Crippen LogP contribution < -0.4 is 19.9 Å². The zero-order chi connectivity index (χ0) is 20.9. The van der Waals surface area contributed by atoms with Crippen molar-refractivity contribution in [1.82, 2.24) is 15.3 Å². The Balaban J connectivity index is 1.40. The summed E-state index contributed by atoms with van der Waals surface area (Å²) in [5, 5.41) is 6.29. The third kappa shape index (κ3) is 3.12. The van der Waals surface area contributed by atoms with Crippen LogP contribution in [0.2, 0.25) is 0 Å². The summed E-state index contributed by atoms with van der Waals surface area (Å²) in [6, 6.07) is 14.7. The van der Waals surface area contributed by atoms with Crippen LogP contribution in [0.15, 0.2) is 36.4 Å². The molecule has 0 aliphatic carbocycles. The van der Waals surface area contributed by atoms with Gasteiger partial charge < -0.3 is 19.9 Å². The molecule has 1 aromatic heterocycles. The number of fused-ring (bicyclic) bond motifs is 5. The van der Waals surface area contributed by atoms with Gasteiger partial charge in [-0.3, -0.25) is 0 Å². The highest BCUT2D eigenvalue weighted by Crippen LogP contribution is 2.37. The number of nitrogens with one attached hydrogen (secondary N) is 1. The van der Waals surface area contributed by atoms with E-state index in [9.17, 15) is 0 Å². The minimum Gasteiger partial charge on any atom is -0.467 e. The number of hydrogen-bond donors (Lipinski definition) is 1. The normalized spacial score (nSPS) is 22.6. The second-order valence-electron chi connectivity index (χ2n) is 9.07. The molecule has 0 amide bonds. The van der Waals surface area contributed by atoms with Gasteiger partial charge in [0.05, 0.1) is 19.3 Å². The summed E-state index contributed by atoms with van der Waals surface area (Å²) in [7, 11) is 1.67. The summed E-state index contributed by atoms with van der Waals surface area (Å²) in [6.07, 6.45) is 3.46. The molecule has 1 N–H and O–H groups in total. The molecule has 4 aliphatic rings. The lowest BCUT2D eigenvalue weighted by atomic mass is 9.92. The Kier molecular flexibility index (Phi) is 4.49. The van der Waals surface area contributed by atoms with Gasteiger partial charge in [-0.25, -0.2) is 0 Å². The van der Waals surface area contributed by atoms with Crippen LogP contribution in [0.25, 0.3) is 10.8 Å².